The largest absolute Gasteiger partial charge is 0.497 e. The van der Waals surface area contributed by atoms with Crippen LogP contribution >= 0.6 is 11.8 Å². The first-order valence-electron chi connectivity index (χ1n) is 7.11. The number of rotatable bonds is 6. The Labute approximate surface area is 138 Å². The molecule has 0 aliphatic rings. The number of thioether (sulfide) groups is 1. The summed E-state index contributed by atoms with van der Waals surface area (Å²) < 4.78 is 5.20. The third-order valence-electron chi connectivity index (χ3n) is 3.23. The molecule has 0 atom stereocenters. The average Bonchev–Trinajstić information content (AvgIpc) is 3.03. The summed E-state index contributed by atoms with van der Waals surface area (Å²) in [6.07, 6.45) is 1.79. The van der Waals surface area contributed by atoms with E-state index in [1.165, 1.54) is 0 Å². The van der Waals surface area contributed by atoms with E-state index < -0.39 is 0 Å². The predicted molar refractivity (Wildman–Crippen MR) is 91.2 cm³/mol. The summed E-state index contributed by atoms with van der Waals surface area (Å²) in [5.41, 5.74) is 3.03. The number of hydrogen-bond acceptors (Lipinski definition) is 6. The second kappa shape index (κ2) is 7.15. The smallest absolute Gasteiger partial charge is 0.247 e. The number of hydrogen-bond donors (Lipinski definition) is 2. The van der Waals surface area contributed by atoms with Gasteiger partial charge in [-0.3, -0.25) is 10.1 Å². The number of H-pyrrole nitrogens is 1. The van der Waals surface area contributed by atoms with Crippen molar-refractivity contribution >= 4 is 23.4 Å². The van der Waals surface area contributed by atoms with Crippen LogP contribution in [0.5, 0.6) is 5.75 Å². The van der Waals surface area contributed by atoms with Crippen LogP contribution in [0.3, 0.4) is 0 Å². The van der Waals surface area contributed by atoms with Crippen molar-refractivity contribution in [3.63, 3.8) is 0 Å². The maximum absolute atomic E-state index is 5.20. The quantitative estimate of drug-likeness (QED) is 0.674. The van der Waals surface area contributed by atoms with Gasteiger partial charge >= 0.3 is 0 Å². The molecule has 3 aromatic rings. The van der Waals surface area contributed by atoms with Crippen LogP contribution in [0.15, 0.2) is 47.8 Å². The molecule has 0 saturated heterocycles. The lowest BCUT2D eigenvalue weighted by Gasteiger charge is -2.07. The van der Waals surface area contributed by atoms with Crippen molar-refractivity contribution in [3.05, 3.63) is 53.9 Å². The lowest BCUT2D eigenvalue weighted by Crippen LogP contribution is -1.95. The van der Waals surface area contributed by atoms with Gasteiger partial charge in [-0.1, -0.05) is 17.8 Å². The number of methoxy groups -OCH3 is 1. The zero-order valence-corrected chi connectivity index (χ0v) is 13.7. The number of nitrogens with zero attached hydrogens (tertiary/aromatic N) is 3. The van der Waals surface area contributed by atoms with Gasteiger partial charge in [0.15, 0.2) is 5.16 Å². The molecule has 118 valence electrons. The molecule has 3 rings (SSSR count). The number of aromatic amines is 1. The zero-order valence-electron chi connectivity index (χ0n) is 12.9. The molecule has 0 bridgehead atoms. The number of aryl methyl sites for hydroxylation is 1. The molecule has 0 unspecified atom stereocenters. The number of nitrogens with one attached hydrogen (secondary N) is 2. The fourth-order valence-electron chi connectivity index (χ4n) is 2.02. The van der Waals surface area contributed by atoms with Crippen LogP contribution in [-0.2, 0) is 5.75 Å². The molecule has 0 amide bonds. The van der Waals surface area contributed by atoms with Crippen LogP contribution in [0.2, 0.25) is 0 Å². The first-order valence-corrected chi connectivity index (χ1v) is 8.10. The molecule has 2 heterocycles. The highest BCUT2D eigenvalue weighted by atomic mass is 32.2. The molecular formula is C16H17N5OS. The van der Waals surface area contributed by atoms with Crippen molar-refractivity contribution in [2.45, 2.75) is 17.8 Å². The summed E-state index contributed by atoms with van der Waals surface area (Å²) in [4.78, 5) is 8.72. The topological polar surface area (TPSA) is 75.7 Å². The van der Waals surface area contributed by atoms with E-state index in [1.54, 1.807) is 25.1 Å². The summed E-state index contributed by atoms with van der Waals surface area (Å²) in [7, 11) is 1.65. The Balaban J connectivity index is 1.63. The fraction of sp³-hybridized carbons (Fsp3) is 0.188. The Morgan fingerprint density at radius 2 is 2.17 bits per heavy atom. The second-order valence-corrected chi connectivity index (χ2v) is 5.84. The molecule has 2 aromatic heterocycles. The van der Waals surface area contributed by atoms with Crippen molar-refractivity contribution < 1.29 is 4.74 Å². The zero-order chi connectivity index (χ0) is 16.1. The predicted octanol–water partition coefficient (Wildman–Crippen LogP) is 3.55. The van der Waals surface area contributed by atoms with Crippen molar-refractivity contribution in [3.8, 4) is 5.75 Å². The minimum atomic E-state index is 0.543. The molecule has 23 heavy (non-hydrogen) atoms. The first-order chi connectivity index (χ1) is 11.2. The lowest BCUT2D eigenvalue weighted by molar-refractivity contribution is 0.414. The molecule has 0 radical (unpaired) electrons. The molecule has 0 aliphatic heterocycles. The second-order valence-electron chi connectivity index (χ2n) is 4.88. The van der Waals surface area contributed by atoms with E-state index in [-0.39, 0.29) is 0 Å². The molecule has 0 spiro atoms. The molecule has 2 N–H and O–H groups in total. The van der Waals surface area contributed by atoms with Gasteiger partial charge in [0.05, 0.1) is 12.8 Å². The van der Waals surface area contributed by atoms with E-state index in [9.17, 15) is 0 Å². The van der Waals surface area contributed by atoms with Gasteiger partial charge in [0.2, 0.25) is 5.95 Å². The van der Waals surface area contributed by atoms with Crippen LogP contribution in [0.25, 0.3) is 0 Å². The summed E-state index contributed by atoms with van der Waals surface area (Å²) >= 11 is 1.56. The molecule has 0 fully saturated rings. The Bertz CT molecular complexity index is 775. The Hall–Kier alpha value is -2.54. The van der Waals surface area contributed by atoms with Gasteiger partial charge in [0, 0.05) is 17.6 Å². The lowest BCUT2D eigenvalue weighted by atomic mass is 10.2. The highest BCUT2D eigenvalue weighted by Gasteiger charge is 2.07. The third-order valence-corrected chi connectivity index (χ3v) is 4.12. The van der Waals surface area contributed by atoms with Crippen LogP contribution < -0.4 is 10.1 Å². The maximum Gasteiger partial charge on any atom is 0.247 e. The molecule has 1 aromatic carbocycles. The minimum Gasteiger partial charge on any atom is -0.497 e. The van der Waals surface area contributed by atoms with Crippen molar-refractivity contribution in [2.24, 2.45) is 0 Å². The summed E-state index contributed by atoms with van der Waals surface area (Å²) in [5, 5.41) is 11.1. The highest BCUT2D eigenvalue weighted by molar-refractivity contribution is 7.98. The van der Waals surface area contributed by atoms with E-state index in [1.807, 2.05) is 43.3 Å². The Morgan fingerprint density at radius 3 is 2.91 bits per heavy atom. The summed E-state index contributed by atoms with van der Waals surface area (Å²) in [6.45, 7) is 2.01. The van der Waals surface area contributed by atoms with Gasteiger partial charge in [0.1, 0.15) is 5.75 Å². The molecule has 0 saturated carbocycles. The Kier molecular flexibility index (Phi) is 4.77. The molecular weight excluding hydrogens is 310 g/mol. The van der Waals surface area contributed by atoms with E-state index in [0.29, 0.717) is 5.95 Å². The normalized spacial score (nSPS) is 10.5. The van der Waals surface area contributed by atoms with Gasteiger partial charge in [0.25, 0.3) is 0 Å². The number of anilines is 2. The highest BCUT2D eigenvalue weighted by Crippen LogP contribution is 2.24. The van der Waals surface area contributed by atoms with Gasteiger partial charge in [-0.15, -0.1) is 5.10 Å². The average molecular weight is 327 g/mol. The third kappa shape index (κ3) is 4.01. The SMILES string of the molecule is COc1ccc(Nc2n[nH]c(SCc3ccccn3)n2)c(C)c1. The van der Waals surface area contributed by atoms with Gasteiger partial charge < -0.3 is 10.1 Å². The van der Waals surface area contributed by atoms with Crippen LogP contribution in [0.4, 0.5) is 11.6 Å². The number of benzene rings is 1. The van der Waals surface area contributed by atoms with Crippen LogP contribution in [-0.4, -0.2) is 27.3 Å². The number of ether oxygens (including phenoxy) is 1. The van der Waals surface area contributed by atoms with E-state index >= 15 is 0 Å². The van der Waals surface area contributed by atoms with Crippen molar-refractivity contribution in [1.82, 2.24) is 20.2 Å². The standard InChI is InChI=1S/C16H17N5OS/c1-11-9-13(22-2)6-7-14(11)18-15-19-16(21-20-15)23-10-12-5-3-4-8-17-12/h3-9H,10H2,1-2H3,(H2,18,19,20,21). The van der Waals surface area contributed by atoms with E-state index in [0.717, 1.165) is 33.6 Å². The van der Waals surface area contributed by atoms with E-state index in [4.69, 9.17) is 4.74 Å². The summed E-state index contributed by atoms with van der Waals surface area (Å²) in [6, 6.07) is 11.7. The van der Waals surface area contributed by atoms with Crippen LogP contribution in [0.1, 0.15) is 11.3 Å². The maximum atomic E-state index is 5.20. The number of aromatic nitrogens is 4. The monoisotopic (exact) mass is 327 g/mol. The van der Waals surface area contributed by atoms with Gasteiger partial charge in [-0.25, -0.2) is 0 Å². The fourth-order valence-corrected chi connectivity index (χ4v) is 2.73. The van der Waals surface area contributed by atoms with E-state index in [2.05, 4.69) is 25.5 Å². The van der Waals surface area contributed by atoms with Crippen molar-refractivity contribution in [2.75, 3.05) is 12.4 Å². The summed E-state index contributed by atoms with van der Waals surface area (Å²) in [5.74, 6) is 2.12. The molecule has 6 nitrogen and oxygen atoms in total. The number of pyridine rings is 1. The molecule has 0 aliphatic carbocycles. The van der Waals surface area contributed by atoms with Crippen molar-refractivity contribution in [1.29, 1.82) is 0 Å². The molecule has 7 heteroatoms. The first kappa shape index (κ1) is 15.4. The minimum absolute atomic E-state index is 0.543. The Morgan fingerprint density at radius 1 is 1.26 bits per heavy atom. The van der Waals surface area contributed by atoms with Gasteiger partial charge in [-0.2, -0.15) is 4.98 Å². The van der Waals surface area contributed by atoms with Crippen LogP contribution in [0, 0.1) is 6.92 Å². The van der Waals surface area contributed by atoms with Gasteiger partial charge in [-0.05, 0) is 42.8 Å².